The highest BCUT2D eigenvalue weighted by atomic mass is 35.5. The summed E-state index contributed by atoms with van der Waals surface area (Å²) >= 11 is 6.27. The number of amides is 1. The first-order chi connectivity index (χ1) is 13.0. The van der Waals surface area contributed by atoms with Crippen LogP contribution in [0, 0.1) is 11.8 Å². The summed E-state index contributed by atoms with van der Waals surface area (Å²) in [7, 11) is 0. The number of nitrogens with zero attached hydrogens (tertiary/aromatic N) is 2. The number of aromatic amines is 1. The van der Waals surface area contributed by atoms with Crippen molar-refractivity contribution in [3.63, 3.8) is 0 Å². The topological polar surface area (TPSA) is 69.2 Å². The molecule has 1 saturated heterocycles. The van der Waals surface area contributed by atoms with Gasteiger partial charge in [0.15, 0.2) is 0 Å². The van der Waals surface area contributed by atoms with Crippen LogP contribution in [0.3, 0.4) is 0 Å². The van der Waals surface area contributed by atoms with Gasteiger partial charge in [0.2, 0.25) is 0 Å². The monoisotopic (exact) mass is 381 g/mol. The van der Waals surface area contributed by atoms with Crippen LogP contribution >= 0.6 is 11.6 Å². The maximum Gasteiger partial charge on any atom is 0.253 e. The van der Waals surface area contributed by atoms with Gasteiger partial charge >= 0.3 is 0 Å². The van der Waals surface area contributed by atoms with Crippen molar-refractivity contribution in [1.82, 2.24) is 15.1 Å². The van der Waals surface area contributed by atoms with Gasteiger partial charge in [0.25, 0.3) is 5.91 Å². The highest BCUT2D eigenvalue weighted by molar-refractivity contribution is 6.31. The number of aliphatic hydroxyl groups is 1. The van der Waals surface area contributed by atoms with Gasteiger partial charge in [0.05, 0.1) is 17.3 Å². The molecule has 1 amide bonds. The molecule has 2 aliphatic rings. The van der Waals surface area contributed by atoms with E-state index in [-0.39, 0.29) is 5.91 Å². The number of likely N-dealkylation sites (tertiary alicyclic amines) is 1. The fourth-order valence-corrected chi connectivity index (χ4v) is 5.12. The van der Waals surface area contributed by atoms with Gasteiger partial charge in [-0.15, -0.1) is 0 Å². The highest BCUT2D eigenvalue weighted by Gasteiger charge is 2.50. The van der Waals surface area contributed by atoms with Crippen molar-refractivity contribution in [2.45, 2.75) is 18.4 Å². The summed E-state index contributed by atoms with van der Waals surface area (Å²) < 4.78 is 0. The van der Waals surface area contributed by atoms with Crippen LogP contribution < -0.4 is 0 Å². The summed E-state index contributed by atoms with van der Waals surface area (Å²) in [6.07, 6.45) is 2.99. The van der Waals surface area contributed by atoms with Crippen LogP contribution in [-0.4, -0.2) is 39.2 Å². The van der Waals surface area contributed by atoms with Gasteiger partial charge in [0, 0.05) is 34.6 Å². The molecule has 5 rings (SSSR count). The number of hydrogen-bond donors (Lipinski definition) is 2. The molecule has 3 atom stereocenters. The Morgan fingerprint density at radius 1 is 1.19 bits per heavy atom. The molecule has 0 unspecified atom stereocenters. The van der Waals surface area contributed by atoms with Gasteiger partial charge in [-0.2, -0.15) is 5.10 Å². The highest BCUT2D eigenvalue weighted by Crippen LogP contribution is 2.50. The van der Waals surface area contributed by atoms with E-state index in [1.165, 1.54) is 0 Å². The van der Waals surface area contributed by atoms with Gasteiger partial charge in [0.1, 0.15) is 0 Å². The van der Waals surface area contributed by atoms with E-state index < -0.39 is 5.60 Å². The van der Waals surface area contributed by atoms with Crippen molar-refractivity contribution in [2.24, 2.45) is 11.8 Å². The van der Waals surface area contributed by atoms with E-state index >= 15 is 0 Å². The molecular weight excluding hydrogens is 362 g/mol. The lowest BCUT2D eigenvalue weighted by Crippen LogP contribution is -2.32. The van der Waals surface area contributed by atoms with Crippen LogP contribution in [0.1, 0.15) is 28.8 Å². The van der Waals surface area contributed by atoms with Crippen molar-refractivity contribution in [3.05, 3.63) is 64.8 Å². The minimum absolute atomic E-state index is 0.0762. The Kier molecular flexibility index (Phi) is 3.78. The normalized spacial score (nSPS) is 27.3. The number of benzene rings is 2. The summed E-state index contributed by atoms with van der Waals surface area (Å²) in [6.45, 7) is 1.38. The SMILES string of the molecule is O=C(c1ccccc1)N1C[C@@H]2C[C@](O)(c3cc(Cl)cc4cn[nH]c34)C[C@@H]2C1. The number of rotatable bonds is 2. The van der Waals surface area contributed by atoms with E-state index in [2.05, 4.69) is 10.2 Å². The molecule has 2 aromatic carbocycles. The van der Waals surface area contributed by atoms with E-state index in [4.69, 9.17) is 11.6 Å². The molecule has 2 N–H and O–H groups in total. The second-order valence-corrected chi connectivity index (χ2v) is 8.26. The van der Waals surface area contributed by atoms with Crippen LogP contribution in [0.5, 0.6) is 0 Å². The molecule has 1 saturated carbocycles. The molecule has 2 fully saturated rings. The minimum Gasteiger partial charge on any atom is -0.385 e. The predicted molar refractivity (Wildman–Crippen MR) is 104 cm³/mol. The number of nitrogens with one attached hydrogen (secondary N) is 1. The number of hydrogen-bond acceptors (Lipinski definition) is 3. The van der Waals surface area contributed by atoms with Gasteiger partial charge in [-0.05, 0) is 48.9 Å². The molecule has 138 valence electrons. The maximum absolute atomic E-state index is 12.7. The summed E-state index contributed by atoms with van der Waals surface area (Å²) in [4.78, 5) is 14.7. The second kappa shape index (κ2) is 6.08. The summed E-state index contributed by atoms with van der Waals surface area (Å²) in [5, 5.41) is 20.0. The Balaban J connectivity index is 1.39. The zero-order valence-corrected chi connectivity index (χ0v) is 15.5. The first-order valence-electron chi connectivity index (χ1n) is 9.23. The van der Waals surface area contributed by atoms with E-state index in [9.17, 15) is 9.90 Å². The van der Waals surface area contributed by atoms with Crippen molar-refractivity contribution >= 4 is 28.4 Å². The van der Waals surface area contributed by atoms with Gasteiger partial charge in [-0.25, -0.2) is 0 Å². The van der Waals surface area contributed by atoms with Crippen LogP contribution in [0.15, 0.2) is 48.7 Å². The molecule has 6 heteroatoms. The zero-order valence-electron chi connectivity index (χ0n) is 14.7. The van der Waals surface area contributed by atoms with E-state index in [0.29, 0.717) is 42.8 Å². The van der Waals surface area contributed by atoms with Gasteiger partial charge in [-0.1, -0.05) is 29.8 Å². The van der Waals surface area contributed by atoms with Crippen molar-refractivity contribution in [1.29, 1.82) is 0 Å². The van der Waals surface area contributed by atoms with Crippen molar-refractivity contribution < 1.29 is 9.90 Å². The Hall–Kier alpha value is -2.37. The van der Waals surface area contributed by atoms with Crippen LogP contribution in [0.25, 0.3) is 10.9 Å². The molecule has 1 aliphatic heterocycles. The van der Waals surface area contributed by atoms with Gasteiger partial charge < -0.3 is 10.0 Å². The Bertz CT molecular complexity index is 1000. The Labute approximate surface area is 161 Å². The average molecular weight is 382 g/mol. The molecule has 0 spiro atoms. The van der Waals surface area contributed by atoms with Gasteiger partial charge in [-0.3, -0.25) is 9.89 Å². The fraction of sp³-hybridized carbons (Fsp3) is 0.333. The first kappa shape index (κ1) is 16.8. The lowest BCUT2D eigenvalue weighted by molar-refractivity contribution is 0.0317. The van der Waals surface area contributed by atoms with E-state index in [0.717, 1.165) is 22.0 Å². The Morgan fingerprint density at radius 2 is 1.89 bits per heavy atom. The van der Waals surface area contributed by atoms with E-state index in [1.54, 1.807) is 6.20 Å². The molecule has 0 bridgehead atoms. The number of carbonyl (C=O) groups excluding carboxylic acids is 1. The quantitative estimate of drug-likeness (QED) is 0.712. The molecular formula is C21H20ClN3O2. The minimum atomic E-state index is -0.938. The third-order valence-corrected chi connectivity index (χ3v) is 6.32. The molecule has 1 aliphatic carbocycles. The molecule has 3 aromatic rings. The second-order valence-electron chi connectivity index (χ2n) is 7.82. The van der Waals surface area contributed by atoms with Crippen molar-refractivity contribution in [2.75, 3.05) is 13.1 Å². The molecule has 2 heterocycles. The summed E-state index contributed by atoms with van der Waals surface area (Å²) in [5.74, 6) is 0.659. The Morgan fingerprint density at radius 3 is 2.59 bits per heavy atom. The first-order valence-corrected chi connectivity index (χ1v) is 9.61. The lowest BCUT2D eigenvalue weighted by atomic mass is 9.89. The number of fused-ring (bicyclic) bond motifs is 2. The average Bonchev–Trinajstić information content (AvgIpc) is 3.34. The number of halogens is 1. The zero-order chi connectivity index (χ0) is 18.6. The maximum atomic E-state index is 12.7. The third-order valence-electron chi connectivity index (χ3n) is 6.10. The summed E-state index contributed by atoms with van der Waals surface area (Å²) in [5.41, 5.74) is 1.45. The number of H-pyrrole nitrogens is 1. The largest absolute Gasteiger partial charge is 0.385 e. The smallest absolute Gasteiger partial charge is 0.253 e. The third kappa shape index (κ3) is 2.73. The lowest BCUT2D eigenvalue weighted by Gasteiger charge is -2.27. The molecule has 1 aromatic heterocycles. The fourth-order valence-electron chi connectivity index (χ4n) is 4.89. The molecule has 5 nitrogen and oxygen atoms in total. The molecule has 0 radical (unpaired) electrons. The summed E-state index contributed by atoms with van der Waals surface area (Å²) in [6, 6.07) is 13.1. The van der Waals surface area contributed by atoms with Crippen LogP contribution in [-0.2, 0) is 5.60 Å². The number of aromatic nitrogens is 2. The molecule has 27 heavy (non-hydrogen) atoms. The standard InChI is InChI=1S/C21H20ClN3O2/c22-17-6-14-10-23-24-19(14)18(7-17)21(27)8-15-11-25(12-16(15)9-21)20(26)13-4-2-1-3-5-13/h1-7,10,15-16,27H,8-9,11-12H2,(H,23,24)/t15-,16+,21+. The van der Waals surface area contributed by atoms with Crippen molar-refractivity contribution in [3.8, 4) is 0 Å². The number of carbonyl (C=O) groups is 1. The predicted octanol–water partition coefficient (Wildman–Crippen LogP) is 3.59. The van der Waals surface area contributed by atoms with E-state index in [1.807, 2.05) is 47.4 Å². The van der Waals surface area contributed by atoms with Crippen LogP contribution in [0.2, 0.25) is 5.02 Å². The van der Waals surface area contributed by atoms with Crippen LogP contribution in [0.4, 0.5) is 0 Å².